The number of carbonyl (C=O) groups excluding carboxylic acids is 4. The Hall–Kier alpha value is -2.42. The van der Waals surface area contributed by atoms with Crippen molar-refractivity contribution in [3.8, 4) is 0 Å². The van der Waals surface area contributed by atoms with Crippen molar-refractivity contribution in [1.82, 2.24) is 10.2 Å². The van der Waals surface area contributed by atoms with Crippen LogP contribution in [-0.2, 0) is 19.1 Å². The van der Waals surface area contributed by atoms with Gasteiger partial charge in [0, 0.05) is 4.47 Å². The van der Waals surface area contributed by atoms with Gasteiger partial charge in [0.15, 0.2) is 6.61 Å². The van der Waals surface area contributed by atoms with Crippen LogP contribution in [0.1, 0.15) is 32.6 Å². The highest BCUT2D eigenvalue weighted by Gasteiger charge is 2.55. The molecule has 2 unspecified atom stereocenters. The van der Waals surface area contributed by atoms with Crippen molar-refractivity contribution in [2.75, 3.05) is 18.5 Å². The molecule has 2 fully saturated rings. The average Bonchev–Trinajstić information content (AvgIpc) is 2.89. The number of halogens is 1. The van der Waals surface area contributed by atoms with E-state index >= 15 is 0 Å². The molecule has 8 nitrogen and oxygen atoms in total. The number of ether oxygens (including phenoxy) is 1. The van der Waals surface area contributed by atoms with E-state index in [4.69, 9.17) is 4.74 Å². The third-order valence-corrected chi connectivity index (χ3v) is 5.99. The van der Waals surface area contributed by atoms with Crippen LogP contribution in [0.15, 0.2) is 28.7 Å². The van der Waals surface area contributed by atoms with E-state index in [-0.39, 0.29) is 11.8 Å². The zero-order chi connectivity index (χ0) is 20.3. The lowest BCUT2D eigenvalue weighted by atomic mass is 9.73. The predicted octanol–water partition coefficient (Wildman–Crippen LogP) is 2.43. The molecule has 0 aromatic heterocycles. The second-order valence-electron chi connectivity index (χ2n) is 7.13. The highest BCUT2D eigenvalue weighted by molar-refractivity contribution is 9.10. The van der Waals surface area contributed by atoms with Crippen molar-refractivity contribution >= 4 is 45.4 Å². The molecule has 28 heavy (non-hydrogen) atoms. The van der Waals surface area contributed by atoms with Gasteiger partial charge in [-0.05, 0) is 46.8 Å². The maximum absolute atomic E-state index is 12.8. The monoisotopic (exact) mass is 451 g/mol. The molecular weight excluding hydrogens is 430 g/mol. The van der Waals surface area contributed by atoms with Crippen molar-refractivity contribution in [2.45, 2.75) is 38.1 Å². The van der Waals surface area contributed by atoms with E-state index in [0.717, 1.165) is 24.2 Å². The lowest BCUT2D eigenvalue weighted by molar-refractivity contribution is -0.150. The smallest absolute Gasteiger partial charge is 0.326 e. The summed E-state index contributed by atoms with van der Waals surface area (Å²) in [6.45, 7) is 0.915. The van der Waals surface area contributed by atoms with Gasteiger partial charge in [-0.3, -0.25) is 19.3 Å². The number of hydrogen-bond acceptors (Lipinski definition) is 5. The number of nitrogens with zero attached hydrogens (tertiary/aromatic N) is 1. The largest absolute Gasteiger partial charge is 0.454 e. The normalized spacial score (nSPS) is 24.2. The van der Waals surface area contributed by atoms with Crippen LogP contribution in [0.2, 0.25) is 0 Å². The second kappa shape index (κ2) is 8.30. The van der Waals surface area contributed by atoms with Gasteiger partial charge in [-0.2, -0.15) is 0 Å². The molecule has 1 saturated carbocycles. The maximum atomic E-state index is 12.8. The van der Waals surface area contributed by atoms with Crippen LogP contribution in [0.5, 0.6) is 0 Å². The molecule has 9 heteroatoms. The number of nitrogens with one attached hydrogen (secondary N) is 2. The SMILES string of the molecule is CC1CCCCC12NC(=O)N(CC(=O)OCC(=O)Nc1ccccc1Br)C2=O. The first-order valence-electron chi connectivity index (χ1n) is 9.17. The van der Waals surface area contributed by atoms with Gasteiger partial charge in [0.2, 0.25) is 0 Å². The fraction of sp³-hybridized carbons (Fsp3) is 0.474. The summed E-state index contributed by atoms with van der Waals surface area (Å²) in [5.74, 6) is -1.71. The minimum atomic E-state index is -0.924. The zero-order valence-electron chi connectivity index (χ0n) is 15.5. The lowest BCUT2D eigenvalue weighted by Crippen LogP contribution is -2.54. The van der Waals surface area contributed by atoms with Crippen molar-refractivity contribution in [2.24, 2.45) is 5.92 Å². The van der Waals surface area contributed by atoms with Crippen molar-refractivity contribution < 1.29 is 23.9 Å². The van der Waals surface area contributed by atoms with Crippen LogP contribution in [-0.4, -0.2) is 47.4 Å². The van der Waals surface area contributed by atoms with E-state index < -0.39 is 36.6 Å². The number of benzene rings is 1. The molecule has 0 bridgehead atoms. The number of carbonyl (C=O) groups is 4. The third kappa shape index (κ3) is 4.04. The fourth-order valence-corrected chi connectivity index (χ4v) is 4.09. The Kier molecular flexibility index (Phi) is 6.02. The number of anilines is 1. The van der Waals surface area contributed by atoms with Gasteiger partial charge in [0.1, 0.15) is 12.1 Å². The van der Waals surface area contributed by atoms with Gasteiger partial charge in [0.25, 0.3) is 11.8 Å². The number of imide groups is 1. The van der Waals surface area contributed by atoms with Gasteiger partial charge in [-0.25, -0.2) is 4.79 Å². The number of para-hydroxylation sites is 1. The predicted molar refractivity (Wildman–Crippen MR) is 104 cm³/mol. The van der Waals surface area contributed by atoms with E-state index in [1.165, 1.54) is 0 Å². The zero-order valence-corrected chi connectivity index (χ0v) is 17.1. The summed E-state index contributed by atoms with van der Waals surface area (Å²) in [6.07, 6.45) is 3.28. The van der Waals surface area contributed by atoms with E-state index in [1.54, 1.807) is 24.3 Å². The Bertz CT molecular complexity index is 815. The molecule has 1 aliphatic heterocycles. The number of urea groups is 1. The summed E-state index contributed by atoms with van der Waals surface area (Å²) in [4.78, 5) is 50.0. The number of esters is 1. The Balaban J connectivity index is 1.53. The summed E-state index contributed by atoms with van der Waals surface area (Å²) in [5, 5.41) is 5.38. The van der Waals surface area contributed by atoms with E-state index in [2.05, 4.69) is 26.6 Å². The van der Waals surface area contributed by atoms with Crippen LogP contribution in [0.3, 0.4) is 0 Å². The highest BCUT2D eigenvalue weighted by atomic mass is 79.9. The number of amides is 4. The molecule has 1 saturated heterocycles. The minimum Gasteiger partial charge on any atom is -0.454 e. The molecule has 150 valence electrons. The second-order valence-corrected chi connectivity index (χ2v) is 7.98. The van der Waals surface area contributed by atoms with Crippen LogP contribution >= 0.6 is 15.9 Å². The van der Waals surface area contributed by atoms with Gasteiger partial charge in [-0.1, -0.05) is 31.9 Å². The molecule has 4 amide bonds. The molecule has 0 radical (unpaired) electrons. The van der Waals surface area contributed by atoms with Gasteiger partial charge < -0.3 is 15.4 Å². The Morgan fingerprint density at radius 2 is 2.07 bits per heavy atom. The summed E-state index contributed by atoms with van der Waals surface area (Å²) >= 11 is 3.30. The molecule has 1 aromatic carbocycles. The minimum absolute atomic E-state index is 0.00816. The lowest BCUT2D eigenvalue weighted by Gasteiger charge is -2.36. The topological polar surface area (TPSA) is 105 Å². The van der Waals surface area contributed by atoms with Crippen molar-refractivity contribution in [1.29, 1.82) is 0 Å². The maximum Gasteiger partial charge on any atom is 0.326 e. The average molecular weight is 452 g/mol. The van der Waals surface area contributed by atoms with Crippen LogP contribution in [0.4, 0.5) is 10.5 Å². The highest BCUT2D eigenvalue weighted by Crippen LogP contribution is 2.38. The Morgan fingerprint density at radius 3 is 2.79 bits per heavy atom. The molecule has 2 aliphatic rings. The molecule has 3 rings (SSSR count). The number of hydrogen-bond donors (Lipinski definition) is 2. The first-order chi connectivity index (χ1) is 13.3. The number of rotatable bonds is 5. The first-order valence-corrected chi connectivity index (χ1v) is 9.97. The van der Waals surface area contributed by atoms with Gasteiger partial charge in [0.05, 0.1) is 5.69 Å². The molecule has 1 spiro atoms. The van der Waals surface area contributed by atoms with Gasteiger partial charge in [-0.15, -0.1) is 0 Å². The fourth-order valence-electron chi connectivity index (χ4n) is 3.71. The van der Waals surface area contributed by atoms with Crippen molar-refractivity contribution in [3.05, 3.63) is 28.7 Å². The van der Waals surface area contributed by atoms with Crippen LogP contribution in [0, 0.1) is 5.92 Å². The quantitative estimate of drug-likeness (QED) is 0.528. The van der Waals surface area contributed by atoms with Crippen LogP contribution in [0.25, 0.3) is 0 Å². The summed E-state index contributed by atoms with van der Waals surface area (Å²) in [7, 11) is 0. The van der Waals surface area contributed by atoms with E-state index in [0.29, 0.717) is 16.6 Å². The van der Waals surface area contributed by atoms with E-state index in [1.807, 2.05) is 6.92 Å². The van der Waals surface area contributed by atoms with Gasteiger partial charge >= 0.3 is 12.0 Å². The first kappa shape index (κ1) is 20.3. The molecule has 1 aliphatic carbocycles. The standard InChI is InChI=1S/C19H22BrN3O5/c1-12-6-4-5-9-19(12)17(26)23(18(27)22-19)10-16(25)28-11-15(24)21-14-8-3-2-7-13(14)20/h2-3,7-8,12H,4-6,9-11H2,1H3,(H,21,24)(H,22,27). The Labute approximate surface area is 171 Å². The molecule has 2 atom stereocenters. The summed E-state index contributed by atoms with van der Waals surface area (Å²) in [5.41, 5.74) is -0.377. The Morgan fingerprint density at radius 1 is 1.32 bits per heavy atom. The summed E-state index contributed by atoms with van der Waals surface area (Å²) < 4.78 is 5.63. The molecule has 1 heterocycles. The summed E-state index contributed by atoms with van der Waals surface area (Å²) in [6, 6.07) is 6.43. The molecule has 2 N–H and O–H groups in total. The van der Waals surface area contributed by atoms with Crippen LogP contribution < -0.4 is 10.6 Å². The third-order valence-electron chi connectivity index (χ3n) is 5.30. The molecular formula is C19H22BrN3O5. The van der Waals surface area contributed by atoms with E-state index in [9.17, 15) is 19.2 Å². The molecule has 1 aromatic rings. The van der Waals surface area contributed by atoms with Crippen molar-refractivity contribution in [3.63, 3.8) is 0 Å².